The average molecular weight is 230 g/mol. The molecule has 0 bridgehead atoms. The van der Waals surface area contributed by atoms with Crippen molar-refractivity contribution in [1.29, 1.82) is 0 Å². The van der Waals surface area contributed by atoms with E-state index in [4.69, 9.17) is 0 Å². The molecule has 2 heterocycles. The number of rotatable bonds is 1. The Balaban J connectivity index is 1.96. The highest BCUT2D eigenvalue weighted by Gasteiger charge is 2.46. The molecular weight excluding hydrogens is 216 g/mol. The monoisotopic (exact) mass is 230 g/mol. The molecule has 17 heavy (non-hydrogen) atoms. The van der Waals surface area contributed by atoms with Gasteiger partial charge < -0.3 is 4.90 Å². The Kier molecular flexibility index (Phi) is 2.35. The molecule has 0 unspecified atom stereocenters. The maximum absolute atomic E-state index is 12.2. The molecule has 2 saturated heterocycles. The predicted octanol–water partition coefficient (Wildman–Crippen LogP) is 2.01. The molecule has 0 spiro atoms. The van der Waals surface area contributed by atoms with Crippen LogP contribution in [0, 0.1) is 0 Å². The van der Waals surface area contributed by atoms with Crippen molar-refractivity contribution in [1.82, 2.24) is 4.90 Å². The van der Waals surface area contributed by atoms with Crippen LogP contribution >= 0.6 is 0 Å². The molecule has 4 heteroatoms. The van der Waals surface area contributed by atoms with Crippen LogP contribution in [0.4, 0.5) is 10.5 Å². The highest BCUT2D eigenvalue weighted by molar-refractivity contribution is 6.21. The lowest BCUT2D eigenvalue weighted by Crippen LogP contribution is -2.39. The second-order valence-corrected chi connectivity index (χ2v) is 4.50. The number of imide groups is 1. The van der Waals surface area contributed by atoms with Crippen molar-refractivity contribution in [3.05, 3.63) is 30.3 Å². The number of hydrogen-bond donors (Lipinski definition) is 0. The molecule has 1 aromatic carbocycles. The van der Waals surface area contributed by atoms with Crippen LogP contribution in [0.1, 0.15) is 19.3 Å². The molecule has 3 amide bonds. The summed E-state index contributed by atoms with van der Waals surface area (Å²) < 4.78 is 0. The molecule has 0 aliphatic carbocycles. The van der Waals surface area contributed by atoms with Gasteiger partial charge in [0.2, 0.25) is 0 Å². The fourth-order valence-corrected chi connectivity index (χ4v) is 2.60. The lowest BCUT2D eigenvalue weighted by molar-refractivity contribution is -0.120. The van der Waals surface area contributed by atoms with Crippen LogP contribution in [0.3, 0.4) is 0 Å². The van der Waals surface area contributed by atoms with Gasteiger partial charge in [0.15, 0.2) is 0 Å². The third kappa shape index (κ3) is 1.52. The highest BCUT2D eigenvalue weighted by Crippen LogP contribution is 2.30. The molecule has 88 valence electrons. The van der Waals surface area contributed by atoms with Crippen LogP contribution < -0.4 is 4.90 Å². The van der Waals surface area contributed by atoms with Gasteiger partial charge in [0, 0.05) is 6.54 Å². The number of carbonyl (C=O) groups is 2. The third-order valence-corrected chi connectivity index (χ3v) is 3.46. The summed E-state index contributed by atoms with van der Waals surface area (Å²) in [5, 5.41) is 0. The van der Waals surface area contributed by atoms with E-state index in [1.165, 1.54) is 4.90 Å². The molecule has 4 nitrogen and oxygen atoms in total. The lowest BCUT2D eigenvalue weighted by Gasteiger charge is -2.25. The Morgan fingerprint density at radius 3 is 2.53 bits per heavy atom. The number of amides is 3. The van der Waals surface area contributed by atoms with E-state index < -0.39 is 0 Å². The summed E-state index contributed by atoms with van der Waals surface area (Å²) in [6, 6.07) is 8.77. The van der Waals surface area contributed by atoms with E-state index in [1.807, 2.05) is 18.2 Å². The van der Waals surface area contributed by atoms with Gasteiger partial charge in [-0.05, 0) is 31.4 Å². The number of nitrogens with zero attached hydrogens (tertiary/aromatic N) is 2. The fraction of sp³-hybridized carbons (Fsp3) is 0.385. The van der Waals surface area contributed by atoms with Crippen LogP contribution in [0.5, 0.6) is 0 Å². The Morgan fingerprint density at radius 1 is 1.06 bits per heavy atom. The first-order chi connectivity index (χ1) is 8.29. The normalized spacial score (nSPS) is 24.1. The van der Waals surface area contributed by atoms with E-state index in [0.717, 1.165) is 19.3 Å². The van der Waals surface area contributed by atoms with Crippen molar-refractivity contribution < 1.29 is 9.59 Å². The van der Waals surface area contributed by atoms with E-state index in [0.29, 0.717) is 12.2 Å². The maximum Gasteiger partial charge on any atom is 0.332 e. The van der Waals surface area contributed by atoms with Gasteiger partial charge in [-0.3, -0.25) is 4.79 Å². The summed E-state index contributed by atoms with van der Waals surface area (Å²) in [5.74, 6) is -0.0686. The Morgan fingerprint density at radius 2 is 1.82 bits per heavy atom. The Hall–Kier alpha value is -1.84. The number of piperidine rings is 1. The molecule has 0 saturated carbocycles. The molecule has 1 aromatic rings. The SMILES string of the molecule is O=C1[C@H]2CCCCN2C(=O)N1c1ccccc1. The van der Waals surface area contributed by atoms with Crippen molar-refractivity contribution in [2.24, 2.45) is 0 Å². The van der Waals surface area contributed by atoms with Crippen molar-refractivity contribution in [2.45, 2.75) is 25.3 Å². The topological polar surface area (TPSA) is 40.6 Å². The van der Waals surface area contributed by atoms with Crippen LogP contribution in [0.25, 0.3) is 0 Å². The zero-order valence-electron chi connectivity index (χ0n) is 9.50. The quantitative estimate of drug-likeness (QED) is 0.692. The Bertz CT molecular complexity index is 434. The minimum Gasteiger partial charge on any atom is -0.312 e. The number of para-hydroxylation sites is 1. The highest BCUT2D eigenvalue weighted by atomic mass is 16.2. The summed E-state index contributed by atoms with van der Waals surface area (Å²) >= 11 is 0. The van der Waals surface area contributed by atoms with E-state index in [1.54, 1.807) is 17.0 Å². The van der Waals surface area contributed by atoms with Crippen LogP contribution in [0.2, 0.25) is 0 Å². The summed E-state index contributed by atoms with van der Waals surface area (Å²) in [7, 11) is 0. The van der Waals surface area contributed by atoms with Crippen molar-refractivity contribution >= 4 is 17.6 Å². The van der Waals surface area contributed by atoms with E-state index in [9.17, 15) is 9.59 Å². The molecule has 0 N–H and O–H groups in total. The van der Waals surface area contributed by atoms with Crippen molar-refractivity contribution in [2.75, 3.05) is 11.4 Å². The largest absolute Gasteiger partial charge is 0.332 e. The standard InChI is InChI=1S/C13H14N2O2/c16-12-11-8-4-5-9-14(11)13(17)15(12)10-6-2-1-3-7-10/h1-3,6-7,11H,4-5,8-9H2/t11-/m1/s1. The molecule has 2 aliphatic rings. The number of hydrogen-bond acceptors (Lipinski definition) is 2. The summed E-state index contributed by atoms with van der Waals surface area (Å²) in [6.07, 6.45) is 2.83. The zero-order valence-corrected chi connectivity index (χ0v) is 9.50. The maximum atomic E-state index is 12.2. The van der Waals surface area contributed by atoms with Crippen LogP contribution in [-0.4, -0.2) is 29.4 Å². The zero-order chi connectivity index (χ0) is 11.8. The first-order valence-electron chi connectivity index (χ1n) is 5.98. The lowest BCUT2D eigenvalue weighted by atomic mass is 10.0. The molecule has 1 atom stereocenters. The van der Waals surface area contributed by atoms with Gasteiger partial charge in [0.25, 0.3) is 5.91 Å². The smallest absolute Gasteiger partial charge is 0.312 e. The Labute approximate surface area is 99.8 Å². The molecule has 3 rings (SSSR count). The number of urea groups is 1. The van der Waals surface area contributed by atoms with Gasteiger partial charge in [-0.2, -0.15) is 0 Å². The van der Waals surface area contributed by atoms with Gasteiger partial charge in [-0.25, -0.2) is 9.69 Å². The molecular formula is C13H14N2O2. The summed E-state index contributed by atoms with van der Waals surface area (Å²) in [5.41, 5.74) is 0.678. The van der Waals surface area contributed by atoms with Crippen LogP contribution in [0.15, 0.2) is 30.3 Å². The molecule has 2 fully saturated rings. The summed E-state index contributed by atoms with van der Waals surface area (Å²) in [6.45, 7) is 0.707. The summed E-state index contributed by atoms with van der Waals surface area (Å²) in [4.78, 5) is 27.4. The van der Waals surface area contributed by atoms with Gasteiger partial charge in [0.05, 0.1) is 5.69 Å². The predicted molar refractivity (Wildman–Crippen MR) is 63.7 cm³/mol. The number of fused-ring (bicyclic) bond motifs is 1. The van der Waals surface area contributed by atoms with Gasteiger partial charge in [-0.15, -0.1) is 0 Å². The van der Waals surface area contributed by atoms with Gasteiger partial charge in [0.1, 0.15) is 6.04 Å². The fourth-order valence-electron chi connectivity index (χ4n) is 2.60. The van der Waals surface area contributed by atoms with Gasteiger partial charge >= 0.3 is 6.03 Å². The second-order valence-electron chi connectivity index (χ2n) is 4.50. The number of anilines is 1. The van der Waals surface area contributed by atoms with Crippen LogP contribution in [-0.2, 0) is 4.79 Å². The molecule has 2 aliphatic heterocycles. The minimum atomic E-state index is -0.226. The second kappa shape index (κ2) is 3.87. The van der Waals surface area contributed by atoms with Gasteiger partial charge in [-0.1, -0.05) is 18.2 Å². The van der Waals surface area contributed by atoms with E-state index in [2.05, 4.69) is 0 Å². The minimum absolute atomic E-state index is 0.0686. The molecule has 0 aromatic heterocycles. The first kappa shape index (κ1) is 10.3. The van der Waals surface area contributed by atoms with E-state index >= 15 is 0 Å². The number of benzene rings is 1. The molecule has 0 radical (unpaired) electrons. The third-order valence-electron chi connectivity index (χ3n) is 3.46. The van der Waals surface area contributed by atoms with Crippen molar-refractivity contribution in [3.63, 3.8) is 0 Å². The first-order valence-corrected chi connectivity index (χ1v) is 5.98. The average Bonchev–Trinajstić information content (AvgIpc) is 2.64. The number of carbonyl (C=O) groups excluding carboxylic acids is 2. The van der Waals surface area contributed by atoms with Crippen molar-refractivity contribution in [3.8, 4) is 0 Å². The van der Waals surface area contributed by atoms with E-state index in [-0.39, 0.29) is 18.0 Å².